The number of benzene rings is 2. The molecule has 5 rings (SSSR count). The van der Waals surface area contributed by atoms with Gasteiger partial charge in [0.1, 0.15) is 17.2 Å². The number of carbonyl (C=O) groups excluding carboxylic acids is 1. The van der Waals surface area contributed by atoms with Crippen molar-refractivity contribution in [3.63, 3.8) is 0 Å². The van der Waals surface area contributed by atoms with Gasteiger partial charge in [-0.1, -0.05) is 0 Å². The van der Waals surface area contributed by atoms with E-state index in [1.165, 1.54) is 24.3 Å². The number of rotatable bonds is 7. The average Bonchev–Trinajstić information content (AvgIpc) is 3.26. The molecule has 178 valence electrons. The van der Waals surface area contributed by atoms with E-state index >= 15 is 0 Å². The molecule has 3 aromatic rings. The van der Waals surface area contributed by atoms with Crippen LogP contribution in [0.3, 0.4) is 0 Å². The molecule has 1 fully saturated rings. The number of nitrogens with one attached hydrogen (secondary N) is 1. The maximum absolute atomic E-state index is 12.9. The molecule has 0 spiro atoms. The molecule has 2 aliphatic rings. The van der Waals surface area contributed by atoms with Gasteiger partial charge in [0.15, 0.2) is 0 Å². The van der Waals surface area contributed by atoms with Gasteiger partial charge < -0.3 is 19.4 Å². The number of fused-ring (bicyclic) bond motifs is 2. The molecule has 0 radical (unpaired) electrons. The summed E-state index contributed by atoms with van der Waals surface area (Å²) in [5, 5.41) is 0.807. The third-order valence-corrected chi connectivity index (χ3v) is 6.97. The topological polar surface area (TPSA) is 74.9 Å². The van der Waals surface area contributed by atoms with Crippen molar-refractivity contribution < 1.29 is 14.3 Å². The van der Waals surface area contributed by atoms with Crippen molar-refractivity contribution in [1.82, 2.24) is 9.88 Å². The molecule has 0 bridgehead atoms. The number of pyridine rings is 1. The van der Waals surface area contributed by atoms with Crippen molar-refractivity contribution in [2.75, 3.05) is 31.7 Å². The molecule has 1 atom stereocenters. The molecule has 34 heavy (non-hydrogen) atoms. The first-order chi connectivity index (χ1) is 16.5. The number of amides is 1. The number of nitrogens with zero attached hydrogens (tertiary/aromatic N) is 2. The Balaban J connectivity index is 1.36. The zero-order valence-electron chi connectivity index (χ0n) is 19.8. The molecule has 2 aromatic carbocycles. The van der Waals surface area contributed by atoms with Gasteiger partial charge >= 0.3 is 0 Å². The maximum Gasteiger partial charge on any atom is 0.272 e. The van der Waals surface area contributed by atoms with E-state index in [2.05, 4.69) is 16.8 Å². The van der Waals surface area contributed by atoms with E-state index in [-0.39, 0.29) is 11.5 Å². The Hall–Kier alpha value is -3.32. The fourth-order valence-electron chi connectivity index (χ4n) is 5.07. The van der Waals surface area contributed by atoms with Crippen molar-refractivity contribution in [1.29, 1.82) is 0 Å². The van der Waals surface area contributed by atoms with Crippen LogP contribution in [0.4, 0.5) is 11.4 Å². The van der Waals surface area contributed by atoms with Crippen LogP contribution in [-0.2, 0) is 11.2 Å². The highest BCUT2D eigenvalue weighted by molar-refractivity contribution is 6.04. The number of methoxy groups -OCH3 is 1. The Morgan fingerprint density at radius 3 is 2.68 bits per heavy atom. The van der Waals surface area contributed by atoms with E-state index in [1.807, 2.05) is 24.3 Å². The second kappa shape index (κ2) is 9.50. The van der Waals surface area contributed by atoms with Crippen LogP contribution in [0.15, 0.2) is 47.3 Å². The first-order valence-corrected chi connectivity index (χ1v) is 12.1. The third kappa shape index (κ3) is 4.40. The second-order valence-corrected chi connectivity index (χ2v) is 9.19. The summed E-state index contributed by atoms with van der Waals surface area (Å²) < 4.78 is 11.3. The predicted molar refractivity (Wildman–Crippen MR) is 133 cm³/mol. The summed E-state index contributed by atoms with van der Waals surface area (Å²) in [5.41, 5.74) is 2.47. The minimum atomic E-state index is -0.296. The lowest BCUT2D eigenvalue weighted by Gasteiger charge is -2.29. The van der Waals surface area contributed by atoms with Crippen LogP contribution >= 0.6 is 0 Å². The summed E-state index contributed by atoms with van der Waals surface area (Å²) in [6, 6.07) is 13.7. The molecule has 7 heteroatoms. The number of hydrogen-bond donors (Lipinski definition) is 1. The molecule has 0 saturated carbocycles. The van der Waals surface area contributed by atoms with Gasteiger partial charge in [0.2, 0.25) is 5.91 Å². The zero-order chi connectivity index (χ0) is 23.7. The van der Waals surface area contributed by atoms with E-state index in [1.54, 1.807) is 25.3 Å². The van der Waals surface area contributed by atoms with Gasteiger partial charge in [-0.15, -0.1) is 0 Å². The fourth-order valence-corrected chi connectivity index (χ4v) is 5.07. The molecule has 2 aliphatic heterocycles. The first-order valence-electron chi connectivity index (χ1n) is 12.1. The molecule has 3 heterocycles. The van der Waals surface area contributed by atoms with Crippen molar-refractivity contribution in [3.05, 3.63) is 58.4 Å². The van der Waals surface area contributed by atoms with E-state index in [0.717, 1.165) is 35.4 Å². The second-order valence-electron chi connectivity index (χ2n) is 9.19. The molecule has 1 aromatic heterocycles. The Bertz CT molecular complexity index is 1270. The number of likely N-dealkylation sites (tertiary alicyclic amines) is 1. The summed E-state index contributed by atoms with van der Waals surface area (Å²) >= 11 is 0. The Kier molecular flexibility index (Phi) is 6.28. The van der Waals surface area contributed by atoms with Gasteiger partial charge in [0.25, 0.3) is 5.56 Å². The van der Waals surface area contributed by atoms with Crippen LogP contribution in [0, 0.1) is 0 Å². The molecule has 0 aliphatic carbocycles. The number of carbonyl (C=O) groups is 1. The average molecular weight is 462 g/mol. The van der Waals surface area contributed by atoms with Gasteiger partial charge in [-0.05, 0) is 87.2 Å². The summed E-state index contributed by atoms with van der Waals surface area (Å²) in [6.45, 7) is 5.20. The van der Waals surface area contributed by atoms with Crippen LogP contribution in [0.5, 0.6) is 11.5 Å². The highest BCUT2D eigenvalue weighted by atomic mass is 16.5. The van der Waals surface area contributed by atoms with Crippen LogP contribution in [-0.4, -0.2) is 48.6 Å². The van der Waals surface area contributed by atoms with Gasteiger partial charge in [0.05, 0.1) is 19.4 Å². The summed E-state index contributed by atoms with van der Waals surface area (Å²) in [7, 11) is 1.60. The zero-order valence-corrected chi connectivity index (χ0v) is 19.8. The monoisotopic (exact) mass is 461 g/mol. The number of H-pyrrole nitrogens is 1. The van der Waals surface area contributed by atoms with Crippen LogP contribution in [0.1, 0.15) is 38.2 Å². The number of aromatic amines is 1. The molecule has 1 amide bonds. The summed E-state index contributed by atoms with van der Waals surface area (Å²) in [5.74, 6) is 1.41. The lowest BCUT2D eigenvalue weighted by molar-refractivity contribution is -0.118. The third-order valence-electron chi connectivity index (χ3n) is 6.97. The number of hydrogen-bond acceptors (Lipinski definition) is 5. The Labute approximate surface area is 199 Å². The Morgan fingerprint density at radius 2 is 1.88 bits per heavy atom. The van der Waals surface area contributed by atoms with Gasteiger partial charge in [-0.2, -0.15) is 0 Å². The van der Waals surface area contributed by atoms with Crippen LogP contribution in [0.25, 0.3) is 10.9 Å². The SMILES string of the molecule is COc1ccc2[nH]c(=O)c(N3C(=O)CCc4cc(OCCCN5CCC[C@H]5C)ccc43)cc2c1. The predicted octanol–water partition coefficient (Wildman–Crippen LogP) is 4.40. The molecule has 7 nitrogen and oxygen atoms in total. The lowest BCUT2D eigenvalue weighted by Crippen LogP contribution is -2.34. The van der Waals surface area contributed by atoms with Crippen molar-refractivity contribution >= 4 is 28.2 Å². The number of aryl methyl sites for hydroxylation is 1. The minimum absolute atomic E-state index is 0.0892. The summed E-state index contributed by atoms with van der Waals surface area (Å²) in [4.78, 5) is 32.8. The molecule has 1 saturated heterocycles. The Morgan fingerprint density at radius 1 is 1.03 bits per heavy atom. The van der Waals surface area contributed by atoms with Crippen LogP contribution < -0.4 is 19.9 Å². The van der Waals surface area contributed by atoms with Gasteiger partial charge in [-0.25, -0.2) is 0 Å². The number of aromatic nitrogens is 1. The number of ether oxygens (including phenoxy) is 2. The van der Waals surface area contributed by atoms with Gasteiger partial charge in [-0.3, -0.25) is 14.5 Å². The fraction of sp³-hybridized carbons (Fsp3) is 0.407. The molecular weight excluding hydrogens is 430 g/mol. The van der Waals surface area contributed by atoms with E-state index in [0.29, 0.717) is 42.4 Å². The van der Waals surface area contributed by atoms with Gasteiger partial charge in [0, 0.05) is 29.9 Å². The van der Waals surface area contributed by atoms with Crippen molar-refractivity contribution in [3.8, 4) is 11.5 Å². The van der Waals surface area contributed by atoms with Crippen molar-refractivity contribution in [2.45, 2.75) is 45.1 Å². The van der Waals surface area contributed by atoms with Crippen molar-refractivity contribution in [2.24, 2.45) is 0 Å². The number of anilines is 2. The molecule has 0 unspecified atom stereocenters. The normalized spacial score (nSPS) is 18.4. The lowest BCUT2D eigenvalue weighted by atomic mass is 10.00. The first kappa shape index (κ1) is 22.5. The van der Waals surface area contributed by atoms with E-state index < -0.39 is 0 Å². The van der Waals surface area contributed by atoms with E-state index in [4.69, 9.17) is 9.47 Å². The quantitative estimate of drug-likeness (QED) is 0.528. The molecule has 1 N–H and O–H groups in total. The largest absolute Gasteiger partial charge is 0.497 e. The van der Waals surface area contributed by atoms with Crippen LogP contribution in [0.2, 0.25) is 0 Å². The minimum Gasteiger partial charge on any atom is -0.497 e. The smallest absolute Gasteiger partial charge is 0.272 e. The highest BCUT2D eigenvalue weighted by Crippen LogP contribution is 2.36. The highest BCUT2D eigenvalue weighted by Gasteiger charge is 2.28. The van der Waals surface area contributed by atoms with E-state index in [9.17, 15) is 9.59 Å². The standard InChI is InChI=1S/C27H31N3O4/c1-18-5-3-12-29(18)13-4-14-34-22-8-10-24-19(15-22)6-11-26(31)30(24)25-17-20-16-21(33-2)7-9-23(20)28-27(25)32/h7-10,15-18H,3-6,11-14H2,1-2H3,(H,28,32)/t18-/m1/s1. The maximum atomic E-state index is 12.9. The molecular formula is C27H31N3O4. The summed E-state index contributed by atoms with van der Waals surface area (Å²) in [6.07, 6.45) is 4.54.